The summed E-state index contributed by atoms with van der Waals surface area (Å²) in [6, 6.07) is 22.2. The third kappa shape index (κ3) is 4.72. The van der Waals surface area contributed by atoms with Crippen LogP contribution in [0.4, 0.5) is 0 Å². The highest BCUT2D eigenvalue weighted by Crippen LogP contribution is 2.36. The van der Waals surface area contributed by atoms with E-state index < -0.39 is 0 Å². The lowest BCUT2D eigenvalue weighted by Crippen LogP contribution is -2.27. The molecule has 0 aliphatic carbocycles. The van der Waals surface area contributed by atoms with Crippen molar-refractivity contribution in [2.75, 3.05) is 26.2 Å². The molecule has 4 aromatic rings. The Bertz CT molecular complexity index is 1190. The number of carbonyl (C=O) groups is 1. The first-order chi connectivity index (χ1) is 15.6. The standard InChI is InChI=1S/C27H26ClNO3/c1-3-29(4-2)17-18-31-22-15-11-20(12-16-22)27-25(23-7-5-6-8-24(23)32-27)26(30)19-9-13-21(28)14-10-19/h5-16H,3-4,17-18H2,1-2H3. The van der Waals surface area contributed by atoms with Gasteiger partial charge in [0.15, 0.2) is 5.78 Å². The van der Waals surface area contributed by atoms with Crippen LogP contribution in [0.2, 0.25) is 5.02 Å². The number of rotatable bonds is 9. The normalized spacial score (nSPS) is 11.2. The SMILES string of the molecule is CCN(CC)CCOc1ccc(-c2oc3ccccc3c2C(=O)c2ccc(Cl)cc2)cc1. The Kier molecular flexibility index (Phi) is 6.93. The van der Waals surface area contributed by atoms with Crippen LogP contribution in [0.5, 0.6) is 5.75 Å². The molecule has 0 aliphatic rings. The molecule has 3 aromatic carbocycles. The second kappa shape index (κ2) is 10.0. The number of ether oxygens (including phenoxy) is 1. The highest BCUT2D eigenvalue weighted by molar-refractivity contribution is 6.30. The summed E-state index contributed by atoms with van der Waals surface area (Å²) >= 11 is 6.00. The minimum absolute atomic E-state index is 0.0961. The van der Waals surface area contributed by atoms with Gasteiger partial charge in [0.2, 0.25) is 0 Å². The summed E-state index contributed by atoms with van der Waals surface area (Å²) < 4.78 is 12.0. The van der Waals surface area contributed by atoms with Gasteiger partial charge in [-0.1, -0.05) is 43.6 Å². The number of ketones is 1. The first kappa shape index (κ1) is 22.1. The van der Waals surface area contributed by atoms with Gasteiger partial charge in [-0.15, -0.1) is 0 Å². The number of furan rings is 1. The summed E-state index contributed by atoms with van der Waals surface area (Å²) in [5.41, 5.74) is 2.63. The summed E-state index contributed by atoms with van der Waals surface area (Å²) in [5, 5.41) is 1.39. The van der Waals surface area contributed by atoms with Crippen molar-refractivity contribution >= 4 is 28.4 Å². The molecule has 0 spiro atoms. The average molecular weight is 448 g/mol. The molecule has 0 saturated heterocycles. The third-order valence-corrected chi connectivity index (χ3v) is 5.87. The fourth-order valence-electron chi connectivity index (χ4n) is 3.75. The summed E-state index contributed by atoms with van der Waals surface area (Å²) in [6.45, 7) is 7.83. The third-order valence-electron chi connectivity index (χ3n) is 5.62. The van der Waals surface area contributed by atoms with Gasteiger partial charge in [-0.25, -0.2) is 0 Å². The van der Waals surface area contributed by atoms with Crippen LogP contribution in [0.3, 0.4) is 0 Å². The summed E-state index contributed by atoms with van der Waals surface area (Å²) in [6.07, 6.45) is 0. The predicted molar refractivity (Wildman–Crippen MR) is 130 cm³/mol. The maximum Gasteiger partial charge on any atom is 0.197 e. The van der Waals surface area contributed by atoms with E-state index >= 15 is 0 Å². The van der Waals surface area contributed by atoms with E-state index in [1.807, 2.05) is 48.5 Å². The quantitative estimate of drug-likeness (QED) is 0.267. The van der Waals surface area contributed by atoms with Crippen molar-refractivity contribution in [2.45, 2.75) is 13.8 Å². The molecular weight excluding hydrogens is 422 g/mol. The second-order valence-corrected chi connectivity index (χ2v) is 7.97. The minimum atomic E-state index is -0.0961. The van der Waals surface area contributed by atoms with Gasteiger partial charge < -0.3 is 14.1 Å². The first-order valence-electron chi connectivity index (χ1n) is 10.9. The van der Waals surface area contributed by atoms with Crippen molar-refractivity contribution in [1.82, 2.24) is 4.90 Å². The van der Waals surface area contributed by atoms with Crippen LogP contribution in [0.25, 0.3) is 22.3 Å². The van der Waals surface area contributed by atoms with Crippen molar-refractivity contribution in [3.05, 3.63) is 88.9 Å². The molecule has 0 atom stereocenters. The average Bonchev–Trinajstić information content (AvgIpc) is 3.22. The van der Waals surface area contributed by atoms with Crippen molar-refractivity contribution in [2.24, 2.45) is 0 Å². The second-order valence-electron chi connectivity index (χ2n) is 7.54. The lowest BCUT2D eigenvalue weighted by Gasteiger charge is -2.18. The van der Waals surface area contributed by atoms with Gasteiger partial charge >= 0.3 is 0 Å². The predicted octanol–water partition coefficient (Wildman–Crippen LogP) is 6.70. The lowest BCUT2D eigenvalue weighted by molar-refractivity contribution is 0.104. The molecule has 4 nitrogen and oxygen atoms in total. The van der Waals surface area contributed by atoms with Crippen LogP contribution < -0.4 is 4.74 Å². The fraction of sp³-hybridized carbons (Fsp3) is 0.222. The van der Waals surface area contributed by atoms with Crippen LogP contribution in [0.15, 0.2) is 77.2 Å². The largest absolute Gasteiger partial charge is 0.492 e. The maximum absolute atomic E-state index is 13.4. The molecule has 32 heavy (non-hydrogen) atoms. The number of para-hydroxylation sites is 1. The Morgan fingerprint density at radius 2 is 1.62 bits per heavy atom. The molecule has 0 aliphatic heterocycles. The number of fused-ring (bicyclic) bond motifs is 1. The van der Waals surface area contributed by atoms with Gasteiger partial charge in [-0.05, 0) is 67.7 Å². The lowest BCUT2D eigenvalue weighted by atomic mass is 9.97. The van der Waals surface area contributed by atoms with Crippen molar-refractivity contribution in [1.29, 1.82) is 0 Å². The van der Waals surface area contributed by atoms with E-state index in [1.165, 1.54) is 0 Å². The Morgan fingerprint density at radius 3 is 2.31 bits per heavy atom. The molecule has 1 aromatic heterocycles. The number of benzene rings is 3. The van der Waals surface area contributed by atoms with Gasteiger partial charge in [0, 0.05) is 28.1 Å². The van der Waals surface area contributed by atoms with Crippen molar-refractivity contribution in [3.63, 3.8) is 0 Å². The van der Waals surface area contributed by atoms with Crippen molar-refractivity contribution < 1.29 is 13.9 Å². The fourth-order valence-corrected chi connectivity index (χ4v) is 3.88. The van der Waals surface area contributed by atoms with Gasteiger partial charge in [0.05, 0.1) is 5.56 Å². The molecule has 0 saturated carbocycles. The van der Waals surface area contributed by atoms with Gasteiger partial charge in [-0.2, -0.15) is 0 Å². The van der Waals surface area contributed by atoms with Gasteiger partial charge in [0.25, 0.3) is 0 Å². The smallest absolute Gasteiger partial charge is 0.197 e. The maximum atomic E-state index is 13.4. The zero-order valence-electron chi connectivity index (χ0n) is 18.3. The molecule has 4 rings (SSSR count). The Morgan fingerprint density at radius 1 is 0.938 bits per heavy atom. The van der Waals surface area contributed by atoms with Crippen LogP contribution in [-0.2, 0) is 0 Å². The monoisotopic (exact) mass is 447 g/mol. The van der Waals surface area contributed by atoms with E-state index in [0.29, 0.717) is 34.1 Å². The van der Waals surface area contributed by atoms with Crippen LogP contribution in [0.1, 0.15) is 29.8 Å². The molecule has 0 radical (unpaired) electrons. The van der Waals surface area contributed by atoms with E-state index in [0.717, 1.165) is 36.3 Å². The highest BCUT2D eigenvalue weighted by Gasteiger charge is 2.23. The summed E-state index contributed by atoms with van der Waals surface area (Å²) in [5.74, 6) is 1.25. The number of halogens is 1. The van der Waals surface area contributed by atoms with E-state index in [1.54, 1.807) is 24.3 Å². The van der Waals surface area contributed by atoms with Gasteiger partial charge in [0.1, 0.15) is 23.7 Å². The molecule has 0 N–H and O–H groups in total. The van der Waals surface area contributed by atoms with Gasteiger partial charge in [-0.3, -0.25) is 4.79 Å². The number of hydrogen-bond acceptors (Lipinski definition) is 4. The molecule has 0 unspecified atom stereocenters. The van der Waals surface area contributed by atoms with E-state index in [9.17, 15) is 4.79 Å². The van der Waals surface area contributed by atoms with E-state index in [-0.39, 0.29) is 5.78 Å². The Labute approximate surface area is 193 Å². The van der Waals surface area contributed by atoms with Crippen molar-refractivity contribution in [3.8, 4) is 17.1 Å². The molecule has 164 valence electrons. The number of carbonyl (C=O) groups excluding carboxylic acids is 1. The first-order valence-corrected chi connectivity index (χ1v) is 11.3. The summed E-state index contributed by atoms with van der Waals surface area (Å²) in [4.78, 5) is 15.7. The van der Waals surface area contributed by atoms with Crippen LogP contribution >= 0.6 is 11.6 Å². The van der Waals surface area contributed by atoms with E-state index in [4.69, 9.17) is 20.8 Å². The molecule has 5 heteroatoms. The number of hydrogen-bond donors (Lipinski definition) is 0. The number of likely N-dealkylation sites (N-methyl/N-ethyl adjacent to an activating group) is 1. The van der Waals surface area contributed by atoms with Crippen LogP contribution in [-0.4, -0.2) is 36.9 Å². The molecule has 1 heterocycles. The number of nitrogens with zero attached hydrogens (tertiary/aromatic N) is 1. The molecule has 0 fully saturated rings. The molecule has 0 amide bonds. The van der Waals surface area contributed by atoms with E-state index in [2.05, 4.69) is 18.7 Å². The zero-order chi connectivity index (χ0) is 22.5. The Balaban J connectivity index is 1.63. The Hall–Kier alpha value is -3.08. The highest BCUT2D eigenvalue weighted by atomic mass is 35.5. The summed E-state index contributed by atoms with van der Waals surface area (Å²) in [7, 11) is 0. The topological polar surface area (TPSA) is 42.7 Å². The molecular formula is C27H26ClNO3. The minimum Gasteiger partial charge on any atom is -0.492 e. The zero-order valence-corrected chi connectivity index (χ0v) is 19.1. The molecule has 0 bridgehead atoms. The van der Waals surface area contributed by atoms with Crippen LogP contribution in [0, 0.1) is 0 Å².